The molecule has 246 valence electrons. The zero-order valence-corrected chi connectivity index (χ0v) is 29.9. The van der Waals surface area contributed by atoms with Gasteiger partial charge in [-0.2, -0.15) is 0 Å². The molecule has 0 aliphatic rings. The molecular formula is C48H44N2. The van der Waals surface area contributed by atoms with Gasteiger partial charge < -0.3 is 9.80 Å². The lowest BCUT2D eigenvalue weighted by molar-refractivity contribution is 0.590. The normalized spacial score (nSPS) is 12.2. The van der Waals surface area contributed by atoms with Crippen molar-refractivity contribution in [2.75, 3.05) is 9.80 Å². The third-order valence-corrected chi connectivity index (χ3v) is 10.1. The summed E-state index contributed by atoms with van der Waals surface area (Å²) in [6.45, 7) is 13.6. The Kier molecular flexibility index (Phi) is 7.64. The second kappa shape index (κ2) is 12.1. The van der Waals surface area contributed by atoms with Gasteiger partial charge in [0.2, 0.25) is 0 Å². The summed E-state index contributed by atoms with van der Waals surface area (Å²) in [4.78, 5) is 4.85. The first-order valence-electron chi connectivity index (χ1n) is 17.7. The molecule has 0 aromatic heterocycles. The van der Waals surface area contributed by atoms with Crippen molar-refractivity contribution in [1.29, 1.82) is 0 Å². The highest BCUT2D eigenvalue weighted by molar-refractivity contribution is 6.29. The second-order valence-corrected chi connectivity index (χ2v) is 15.5. The minimum absolute atomic E-state index is 0.0779. The van der Waals surface area contributed by atoms with E-state index in [1.807, 2.05) is 0 Å². The van der Waals surface area contributed by atoms with E-state index in [2.05, 4.69) is 209 Å². The fourth-order valence-electron chi connectivity index (χ4n) is 7.42. The molecule has 2 nitrogen and oxygen atoms in total. The number of rotatable bonds is 6. The highest BCUT2D eigenvalue weighted by Gasteiger charge is 2.24. The fraction of sp³-hybridized carbons (Fsp3) is 0.167. The number of benzene rings is 8. The molecule has 0 heterocycles. The monoisotopic (exact) mass is 648 g/mol. The Balaban J connectivity index is 1.41. The molecule has 0 radical (unpaired) electrons. The number of hydrogen-bond acceptors (Lipinski definition) is 2. The first-order chi connectivity index (χ1) is 24.1. The van der Waals surface area contributed by atoms with Crippen molar-refractivity contribution in [3.8, 4) is 0 Å². The summed E-state index contributed by atoms with van der Waals surface area (Å²) in [5.74, 6) is 0. The van der Waals surface area contributed by atoms with Crippen LogP contribution in [0.25, 0.3) is 32.3 Å². The summed E-state index contributed by atoms with van der Waals surface area (Å²) in [5, 5.41) is 7.52. The zero-order chi connectivity index (χ0) is 34.6. The first-order valence-corrected chi connectivity index (χ1v) is 17.7. The molecule has 8 rings (SSSR count). The molecule has 0 saturated heterocycles. The van der Waals surface area contributed by atoms with E-state index in [0.717, 1.165) is 22.7 Å². The van der Waals surface area contributed by atoms with Crippen LogP contribution in [0.5, 0.6) is 0 Å². The van der Waals surface area contributed by atoms with Crippen LogP contribution in [0.1, 0.15) is 52.7 Å². The van der Waals surface area contributed by atoms with E-state index in [0.29, 0.717) is 0 Å². The van der Waals surface area contributed by atoms with Gasteiger partial charge >= 0.3 is 0 Å². The van der Waals surface area contributed by atoms with Crippen LogP contribution in [0.15, 0.2) is 158 Å². The molecule has 0 saturated carbocycles. The highest BCUT2D eigenvalue weighted by atomic mass is 15.2. The fourth-order valence-corrected chi connectivity index (χ4v) is 7.42. The number of nitrogens with zero attached hydrogens (tertiary/aromatic N) is 2. The van der Waals surface area contributed by atoms with Crippen molar-refractivity contribution in [3.63, 3.8) is 0 Å². The Labute approximate surface area is 296 Å². The second-order valence-electron chi connectivity index (χ2n) is 15.5. The van der Waals surface area contributed by atoms with Gasteiger partial charge in [-0.3, -0.25) is 0 Å². The number of para-hydroxylation sites is 2. The van der Waals surface area contributed by atoms with E-state index < -0.39 is 0 Å². The van der Waals surface area contributed by atoms with Crippen LogP contribution in [0.3, 0.4) is 0 Å². The predicted molar refractivity (Wildman–Crippen MR) is 217 cm³/mol. The molecule has 0 bridgehead atoms. The molecule has 2 heteroatoms. The van der Waals surface area contributed by atoms with Crippen LogP contribution in [0.2, 0.25) is 0 Å². The number of hydrogen-bond donors (Lipinski definition) is 0. The van der Waals surface area contributed by atoms with Crippen molar-refractivity contribution < 1.29 is 0 Å². The summed E-state index contributed by atoms with van der Waals surface area (Å²) in [5.41, 5.74) is 9.70. The van der Waals surface area contributed by atoms with Crippen molar-refractivity contribution in [2.45, 2.75) is 52.4 Å². The Bertz CT molecular complexity index is 2250. The molecule has 0 aliphatic heterocycles. The van der Waals surface area contributed by atoms with Crippen LogP contribution in [0.4, 0.5) is 34.1 Å². The standard InChI is InChI=1S/C48H44N2/c1-47(2,3)35-23-27-39(28-24-35)49(37-17-9-7-10-18-37)43-31-33-15-13-16-34-32-44(42-22-14-21-41(43)46(42)45(33)34)50(38-19-11-8-12-20-38)40-29-25-36(26-30-40)48(4,5)6/h7-32H,1-6H3. The largest absolute Gasteiger partial charge is 0.310 e. The van der Waals surface area contributed by atoms with Crippen molar-refractivity contribution >= 4 is 66.4 Å². The summed E-state index contributed by atoms with van der Waals surface area (Å²) in [7, 11) is 0. The van der Waals surface area contributed by atoms with E-state index in [1.165, 1.54) is 54.8 Å². The smallest absolute Gasteiger partial charge is 0.0546 e. The van der Waals surface area contributed by atoms with Crippen LogP contribution in [-0.2, 0) is 10.8 Å². The first kappa shape index (κ1) is 31.7. The van der Waals surface area contributed by atoms with Gasteiger partial charge in [0, 0.05) is 38.9 Å². The van der Waals surface area contributed by atoms with Crippen LogP contribution >= 0.6 is 0 Å². The van der Waals surface area contributed by atoms with Gasteiger partial charge in [0.05, 0.1) is 11.4 Å². The van der Waals surface area contributed by atoms with E-state index in [4.69, 9.17) is 0 Å². The van der Waals surface area contributed by atoms with Crippen LogP contribution in [-0.4, -0.2) is 0 Å². The zero-order valence-electron chi connectivity index (χ0n) is 29.9. The van der Waals surface area contributed by atoms with Crippen LogP contribution < -0.4 is 9.80 Å². The van der Waals surface area contributed by atoms with Crippen LogP contribution in [0, 0.1) is 0 Å². The van der Waals surface area contributed by atoms with Gasteiger partial charge in [0.15, 0.2) is 0 Å². The molecule has 0 unspecified atom stereocenters. The number of anilines is 6. The maximum atomic E-state index is 2.43. The molecule has 8 aromatic rings. The Morgan fingerprint density at radius 1 is 0.340 bits per heavy atom. The van der Waals surface area contributed by atoms with Gasteiger partial charge in [-0.1, -0.05) is 139 Å². The van der Waals surface area contributed by atoms with Crippen molar-refractivity contribution in [2.24, 2.45) is 0 Å². The van der Waals surface area contributed by atoms with E-state index in [-0.39, 0.29) is 10.8 Å². The molecule has 8 aromatic carbocycles. The molecule has 50 heavy (non-hydrogen) atoms. The van der Waals surface area contributed by atoms with Gasteiger partial charge in [-0.15, -0.1) is 0 Å². The molecule has 0 fully saturated rings. The average molecular weight is 649 g/mol. The summed E-state index contributed by atoms with van der Waals surface area (Å²) < 4.78 is 0. The van der Waals surface area contributed by atoms with Gasteiger partial charge in [0.1, 0.15) is 0 Å². The predicted octanol–water partition coefficient (Wildman–Crippen LogP) is 14.1. The van der Waals surface area contributed by atoms with E-state index >= 15 is 0 Å². The van der Waals surface area contributed by atoms with Gasteiger partial charge in [0.25, 0.3) is 0 Å². The lowest BCUT2D eigenvalue weighted by Crippen LogP contribution is -2.14. The quantitative estimate of drug-likeness (QED) is 0.166. The topological polar surface area (TPSA) is 6.48 Å². The highest BCUT2D eigenvalue weighted by Crippen LogP contribution is 2.49. The SMILES string of the molecule is CC(C)(C)c1ccc(N(c2ccccc2)c2cc3cccc4cc(N(c5ccccc5)c5ccc(C(C)(C)C)cc5)c5cccc2c5c34)cc1. The summed E-state index contributed by atoms with van der Waals surface area (Å²) >= 11 is 0. The third-order valence-electron chi connectivity index (χ3n) is 10.1. The minimum Gasteiger partial charge on any atom is -0.310 e. The maximum Gasteiger partial charge on any atom is 0.0546 e. The Hall–Kier alpha value is -5.60. The van der Waals surface area contributed by atoms with E-state index in [9.17, 15) is 0 Å². The minimum atomic E-state index is 0.0779. The van der Waals surface area contributed by atoms with Gasteiger partial charge in [-0.25, -0.2) is 0 Å². The molecule has 0 spiro atoms. The Morgan fingerprint density at radius 2 is 0.700 bits per heavy atom. The van der Waals surface area contributed by atoms with Gasteiger partial charge in [-0.05, 0) is 98.8 Å². The van der Waals surface area contributed by atoms with E-state index in [1.54, 1.807) is 0 Å². The average Bonchev–Trinajstić information content (AvgIpc) is 3.12. The summed E-state index contributed by atoms with van der Waals surface area (Å²) in [6, 6.07) is 58.1. The molecule has 0 aliphatic carbocycles. The lowest BCUT2D eigenvalue weighted by Gasteiger charge is -2.31. The third kappa shape index (κ3) is 5.55. The van der Waals surface area contributed by atoms with Crippen molar-refractivity contribution in [1.82, 2.24) is 0 Å². The molecule has 0 amide bonds. The lowest BCUT2D eigenvalue weighted by atomic mass is 9.87. The molecular weight excluding hydrogens is 605 g/mol. The molecule has 0 atom stereocenters. The maximum absolute atomic E-state index is 2.43. The Morgan fingerprint density at radius 3 is 1.08 bits per heavy atom. The summed E-state index contributed by atoms with van der Waals surface area (Å²) in [6.07, 6.45) is 0. The van der Waals surface area contributed by atoms with Crippen molar-refractivity contribution in [3.05, 3.63) is 169 Å². The molecule has 0 N–H and O–H groups in total.